The molecule has 25 heavy (non-hydrogen) atoms. The van der Waals surface area contributed by atoms with E-state index in [9.17, 15) is 9.59 Å². The summed E-state index contributed by atoms with van der Waals surface area (Å²) in [7, 11) is 0. The van der Waals surface area contributed by atoms with Crippen LogP contribution in [0, 0.1) is 11.3 Å². The number of esters is 1. The maximum Gasteiger partial charge on any atom is 0.338 e. The Labute approximate surface area is 146 Å². The molecule has 126 valence electrons. The molecule has 0 fully saturated rings. The second kappa shape index (κ2) is 7.63. The Morgan fingerprint density at radius 2 is 1.92 bits per heavy atom. The van der Waals surface area contributed by atoms with Crippen LogP contribution in [-0.4, -0.2) is 18.5 Å². The first-order valence-electron chi connectivity index (χ1n) is 8.22. The lowest BCUT2D eigenvalue weighted by Gasteiger charge is -2.26. The maximum atomic E-state index is 12.1. The SMILES string of the molecule is N#Cc1ccc(C(=O)OCC(=O)N[C@@H]2CCCc3ccccc32)cc1. The zero-order valence-corrected chi connectivity index (χ0v) is 13.7. The van der Waals surface area contributed by atoms with Crippen LogP contribution in [0.15, 0.2) is 48.5 Å². The number of nitrogens with one attached hydrogen (secondary N) is 1. The van der Waals surface area contributed by atoms with Crippen molar-refractivity contribution in [2.75, 3.05) is 6.61 Å². The zero-order valence-electron chi connectivity index (χ0n) is 13.7. The molecule has 2 aromatic carbocycles. The molecule has 0 aromatic heterocycles. The van der Waals surface area contributed by atoms with Crippen LogP contribution in [0.25, 0.3) is 0 Å². The molecule has 3 rings (SSSR count). The molecule has 1 atom stereocenters. The highest BCUT2D eigenvalue weighted by atomic mass is 16.5. The number of rotatable bonds is 4. The van der Waals surface area contributed by atoms with Crippen molar-refractivity contribution in [3.63, 3.8) is 0 Å². The minimum Gasteiger partial charge on any atom is -0.452 e. The van der Waals surface area contributed by atoms with Gasteiger partial charge in [-0.05, 0) is 54.7 Å². The van der Waals surface area contributed by atoms with Crippen LogP contribution in [0.3, 0.4) is 0 Å². The molecule has 1 N–H and O–H groups in total. The van der Waals surface area contributed by atoms with E-state index in [1.54, 1.807) is 0 Å². The van der Waals surface area contributed by atoms with Crippen molar-refractivity contribution < 1.29 is 14.3 Å². The highest BCUT2D eigenvalue weighted by Gasteiger charge is 2.21. The highest BCUT2D eigenvalue weighted by Crippen LogP contribution is 2.29. The Kier molecular flexibility index (Phi) is 5.10. The molecule has 0 radical (unpaired) electrons. The van der Waals surface area contributed by atoms with Gasteiger partial charge in [-0.3, -0.25) is 4.79 Å². The van der Waals surface area contributed by atoms with Gasteiger partial charge in [0.2, 0.25) is 0 Å². The van der Waals surface area contributed by atoms with Gasteiger partial charge in [0, 0.05) is 0 Å². The van der Waals surface area contributed by atoms with Gasteiger partial charge in [0.05, 0.1) is 23.2 Å². The highest BCUT2D eigenvalue weighted by molar-refractivity contribution is 5.91. The van der Waals surface area contributed by atoms with Crippen LogP contribution in [0.2, 0.25) is 0 Å². The van der Waals surface area contributed by atoms with Gasteiger partial charge >= 0.3 is 5.97 Å². The van der Waals surface area contributed by atoms with Crippen LogP contribution in [0.4, 0.5) is 0 Å². The molecule has 1 amide bonds. The predicted molar refractivity (Wildman–Crippen MR) is 91.7 cm³/mol. The van der Waals surface area contributed by atoms with E-state index < -0.39 is 5.97 Å². The molecule has 0 bridgehead atoms. The third-order valence-electron chi connectivity index (χ3n) is 4.29. The number of ether oxygens (including phenoxy) is 1. The van der Waals surface area contributed by atoms with Gasteiger partial charge in [0.1, 0.15) is 0 Å². The van der Waals surface area contributed by atoms with Gasteiger partial charge in [-0.2, -0.15) is 5.26 Å². The molecule has 0 aliphatic heterocycles. The summed E-state index contributed by atoms with van der Waals surface area (Å²) in [6.07, 6.45) is 2.93. The Bertz CT molecular complexity index is 822. The van der Waals surface area contributed by atoms with Crippen LogP contribution in [0.5, 0.6) is 0 Å². The Balaban J connectivity index is 1.55. The first-order chi connectivity index (χ1) is 12.2. The van der Waals surface area contributed by atoms with Gasteiger partial charge in [0.15, 0.2) is 6.61 Å². The fourth-order valence-electron chi connectivity index (χ4n) is 3.04. The standard InChI is InChI=1S/C20H18N2O3/c21-12-14-8-10-16(11-9-14)20(24)25-13-19(23)22-18-7-3-5-15-4-1-2-6-17(15)18/h1-2,4,6,8-11,18H,3,5,7,13H2,(H,22,23)/t18-/m1/s1. The summed E-state index contributed by atoms with van der Waals surface area (Å²) in [5, 5.41) is 11.7. The molecule has 1 aliphatic carbocycles. The van der Waals surface area contributed by atoms with Crippen molar-refractivity contribution in [2.24, 2.45) is 0 Å². The van der Waals surface area contributed by atoms with Crippen molar-refractivity contribution >= 4 is 11.9 Å². The molecule has 5 heteroatoms. The van der Waals surface area contributed by atoms with Gasteiger partial charge in [-0.1, -0.05) is 24.3 Å². The number of carbonyl (C=O) groups excluding carboxylic acids is 2. The van der Waals surface area contributed by atoms with E-state index >= 15 is 0 Å². The first kappa shape index (κ1) is 16.7. The van der Waals surface area contributed by atoms with Crippen molar-refractivity contribution in [3.05, 3.63) is 70.8 Å². The summed E-state index contributed by atoms with van der Waals surface area (Å²) < 4.78 is 5.06. The van der Waals surface area contributed by atoms with E-state index in [2.05, 4.69) is 11.4 Å². The summed E-state index contributed by atoms with van der Waals surface area (Å²) in [6, 6.07) is 16.1. The van der Waals surface area contributed by atoms with E-state index in [0.29, 0.717) is 11.1 Å². The van der Waals surface area contributed by atoms with E-state index in [1.807, 2.05) is 24.3 Å². The molecule has 0 unspecified atom stereocenters. The third-order valence-corrected chi connectivity index (χ3v) is 4.29. The van der Waals surface area contributed by atoms with Crippen molar-refractivity contribution in [1.29, 1.82) is 5.26 Å². The Morgan fingerprint density at radius 3 is 2.68 bits per heavy atom. The fraction of sp³-hybridized carbons (Fsp3) is 0.250. The minimum atomic E-state index is -0.580. The average molecular weight is 334 g/mol. The van der Waals surface area contributed by atoms with Crippen molar-refractivity contribution in [2.45, 2.75) is 25.3 Å². The van der Waals surface area contributed by atoms with Crippen LogP contribution < -0.4 is 5.32 Å². The number of benzene rings is 2. The summed E-state index contributed by atoms with van der Waals surface area (Å²) in [4.78, 5) is 24.1. The van der Waals surface area contributed by atoms with E-state index in [4.69, 9.17) is 10.00 Å². The molecule has 0 spiro atoms. The van der Waals surface area contributed by atoms with Crippen LogP contribution in [-0.2, 0) is 16.0 Å². The van der Waals surface area contributed by atoms with Gasteiger partial charge in [-0.15, -0.1) is 0 Å². The monoisotopic (exact) mass is 334 g/mol. The number of carbonyl (C=O) groups is 2. The van der Waals surface area contributed by atoms with E-state index in [1.165, 1.54) is 29.8 Å². The lowest BCUT2D eigenvalue weighted by molar-refractivity contribution is -0.125. The number of aryl methyl sites for hydroxylation is 1. The number of fused-ring (bicyclic) bond motifs is 1. The molecule has 0 saturated heterocycles. The number of amides is 1. The smallest absolute Gasteiger partial charge is 0.338 e. The lowest BCUT2D eigenvalue weighted by Crippen LogP contribution is -2.34. The quantitative estimate of drug-likeness (QED) is 0.872. The summed E-state index contributed by atoms with van der Waals surface area (Å²) in [5.74, 6) is -0.896. The van der Waals surface area contributed by atoms with Gasteiger partial charge in [0.25, 0.3) is 5.91 Å². The maximum absolute atomic E-state index is 12.1. The molecular formula is C20H18N2O3. The minimum absolute atomic E-state index is 0.0361. The molecule has 5 nitrogen and oxygen atoms in total. The summed E-state index contributed by atoms with van der Waals surface area (Å²) in [6.45, 7) is -0.322. The Hall–Kier alpha value is -3.13. The van der Waals surface area contributed by atoms with Gasteiger partial charge in [-0.25, -0.2) is 4.79 Å². The van der Waals surface area contributed by atoms with Crippen LogP contribution in [0.1, 0.15) is 45.9 Å². The van der Waals surface area contributed by atoms with E-state index in [-0.39, 0.29) is 18.6 Å². The van der Waals surface area contributed by atoms with Gasteiger partial charge < -0.3 is 10.1 Å². The average Bonchev–Trinajstić information content (AvgIpc) is 2.66. The molecule has 2 aromatic rings. The topological polar surface area (TPSA) is 79.2 Å². The van der Waals surface area contributed by atoms with Crippen molar-refractivity contribution in [3.8, 4) is 6.07 Å². The fourth-order valence-corrected chi connectivity index (χ4v) is 3.04. The summed E-state index contributed by atoms with van der Waals surface area (Å²) >= 11 is 0. The third kappa shape index (κ3) is 4.04. The molecule has 0 saturated carbocycles. The number of nitriles is 1. The first-order valence-corrected chi connectivity index (χ1v) is 8.22. The Morgan fingerprint density at radius 1 is 1.16 bits per heavy atom. The zero-order chi connectivity index (χ0) is 17.6. The van der Waals surface area contributed by atoms with Crippen molar-refractivity contribution in [1.82, 2.24) is 5.32 Å². The number of hydrogen-bond acceptors (Lipinski definition) is 4. The second-order valence-electron chi connectivity index (χ2n) is 5.98. The largest absolute Gasteiger partial charge is 0.452 e. The lowest BCUT2D eigenvalue weighted by atomic mass is 9.88. The molecule has 0 heterocycles. The normalized spacial score (nSPS) is 15.6. The second-order valence-corrected chi connectivity index (χ2v) is 5.98. The summed E-state index contributed by atoms with van der Waals surface area (Å²) in [5.41, 5.74) is 3.18. The molecule has 1 aliphatic rings. The van der Waals surface area contributed by atoms with Crippen LogP contribution >= 0.6 is 0 Å². The number of nitrogens with zero attached hydrogens (tertiary/aromatic N) is 1. The predicted octanol–water partition coefficient (Wildman–Crippen LogP) is 2.91. The molecular weight excluding hydrogens is 316 g/mol. The van der Waals surface area contributed by atoms with E-state index in [0.717, 1.165) is 24.8 Å². The number of hydrogen-bond donors (Lipinski definition) is 1.